The zero-order chi connectivity index (χ0) is 6.57. The minimum atomic E-state index is -0.0139. The first-order chi connectivity index (χ1) is 3.72. The van der Waals surface area contributed by atoms with Gasteiger partial charge in [-0.15, -0.1) is 0 Å². The smallest absolute Gasteiger partial charge is 0.108 e. The Hall–Kier alpha value is -0.335. The van der Waals surface area contributed by atoms with Crippen LogP contribution in [0.4, 0.5) is 0 Å². The van der Waals surface area contributed by atoms with Crippen molar-refractivity contribution in [3.8, 4) is 0 Å². The second-order valence-corrected chi connectivity index (χ2v) is 2.23. The van der Waals surface area contributed by atoms with Crippen molar-refractivity contribution in [2.45, 2.75) is 32.1 Å². The van der Waals surface area contributed by atoms with Gasteiger partial charge in [0.2, 0.25) is 0 Å². The summed E-state index contributed by atoms with van der Waals surface area (Å²) in [5.41, 5.74) is 0. The fourth-order valence-electron chi connectivity index (χ4n) is 0.445. The molecule has 0 saturated heterocycles. The highest BCUT2D eigenvalue weighted by atomic mass is 16.3. The molecule has 0 heterocycles. The van der Waals surface area contributed by atoms with Gasteiger partial charge in [0.05, 0.1) is 6.04 Å². The minimum absolute atomic E-state index is 0.0139. The van der Waals surface area contributed by atoms with Crippen molar-refractivity contribution in [3.05, 3.63) is 4.91 Å². The highest BCUT2D eigenvalue weighted by molar-refractivity contribution is 6.12. The quantitative estimate of drug-likeness (QED) is 0.396. The van der Waals surface area contributed by atoms with Gasteiger partial charge in [0, 0.05) is 0 Å². The van der Waals surface area contributed by atoms with Crippen LogP contribution in [-0.4, -0.2) is 13.9 Å². The average molecular weight is 113 g/mol. The number of rotatable bonds is 3. The van der Waals surface area contributed by atoms with Gasteiger partial charge in [-0.3, -0.25) is 0 Å². The van der Waals surface area contributed by atoms with Gasteiger partial charge in [-0.1, -0.05) is 18.5 Å². The summed E-state index contributed by atoms with van der Waals surface area (Å²) < 4.78 is 0. The van der Waals surface area contributed by atoms with Gasteiger partial charge in [0.1, 0.15) is 7.85 Å². The van der Waals surface area contributed by atoms with E-state index in [1.165, 1.54) is 0 Å². The van der Waals surface area contributed by atoms with E-state index in [9.17, 15) is 4.91 Å². The number of hydrogen-bond donors (Lipinski definition) is 0. The van der Waals surface area contributed by atoms with E-state index in [4.69, 9.17) is 0 Å². The van der Waals surface area contributed by atoms with Crippen molar-refractivity contribution in [1.82, 2.24) is 0 Å². The first-order valence-corrected chi connectivity index (χ1v) is 3.04. The van der Waals surface area contributed by atoms with Crippen molar-refractivity contribution in [1.29, 1.82) is 0 Å². The zero-order valence-corrected chi connectivity index (χ0v) is 5.72. The van der Waals surface area contributed by atoms with E-state index in [-0.39, 0.29) is 6.04 Å². The normalized spacial score (nSPS) is 17.2. The Kier molecular flexibility index (Phi) is 3.49. The Morgan fingerprint density at radius 3 is 2.38 bits per heavy atom. The topological polar surface area (TPSA) is 29.4 Å². The molecule has 0 bridgehead atoms. The first kappa shape index (κ1) is 7.66. The third-order valence-corrected chi connectivity index (χ3v) is 1.63. The van der Waals surface area contributed by atoms with Crippen LogP contribution < -0.4 is 0 Å². The van der Waals surface area contributed by atoms with Crippen LogP contribution in [0.25, 0.3) is 0 Å². The molecule has 0 aliphatic rings. The van der Waals surface area contributed by atoms with E-state index >= 15 is 0 Å². The highest BCUT2D eigenvalue weighted by Crippen LogP contribution is 2.12. The largest absolute Gasteiger partial charge is 0.151 e. The third-order valence-electron chi connectivity index (χ3n) is 1.63. The fourth-order valence-corrected chi connectivity index (χ4v) is 0.445. The van der Waals surface area contributed by atoms with E-state index in [1.807, 2.05) is 14.8 Å². The predicted molar refractivity (Wildman–Crippen MR) is 37.8 cm³/mol. The van der Waals surface area contributed by atoms with E-state index in [0.29, 0.717) is 5.82 Å². The van der Waals surface area contributed by atoms with E-state index in [2.05, 4.69) is 12.1 Å². The van der Waals surface area contributed by atoms with Crippen molar-refractivity contribution in [3.63, 3.8) is 0 Å². The number of hydrogen-bond acceptors (Lipinski definition) is 2. The molecule has 0 aromatic rings. The lowest BCUT2D eigenvalue weighted by Crippen LogP contribution is -2.06. The molecule has 0 radical (unpaired) electrons. The monoisotopic (exact) mass is 113 g/mol. The second-order valence-electron chi connectivity index (χ2n) is 2.23. The van der Waals surface area contributed by atoms with Crippen molar-refractivity contribution < 1.29 is 0 Å². The van der Waals surface area contributed by atoms with E-state index in [0.717, 1.165) is 6.42 Å². The Labute approximate surface area is 51.0 Å². The van der Waals surface area contributed by atoms with Crippen LogP contribution in [0, 0.1) is 4.91 Å². The van der Waals surface area contributed by atoms with Crippen LogP contribution in [0.5, 0.6) is 0 Å². The summed E-state index contributed by atoms with van der Waals surface area (Å²) in [5.74, 6) is 0.437. The molecule has 0 aliphatic heterocycles. The molecular weight excluding hydrogens is 101 g/mol. The molecule has 0 aromatic carbocycles. The molecule has 0 N–H and O–H groups in total. The van der Waals surface area contributed by atoms with Crippen LogP contribution in [0.15, 0.2) is 5.18 Å². The Morgan fingerprint density at radius 2 is 2.25 bits per heavy atom. The van der Waals surface area contributed by atoms with Gasteiger partial charge < -0.3 is 0 Å². The SMILES string of the molecule is BC(CC)C(C)N=O. The van der Waals surface area contributed by atoms with Crippen LogP contribution in [0.1, 0.15) is 20.3 Å². The van der Waals surface area contributed by atoms with Gasteiger partial charge in [-0.2, -0.15) is 4.91 Å². The Bertz CT molecular complexity index is 76.8. The van der Waals surface area contributed by atoms with Gasteiger partial charge in [0.15, 0.2) is 0 Å². The third kappa shape index (κ3) is 2.10. The summed E-state index contributed by atoms with van der Waals surface area (Å²) in [4.78, 5) is 9.86. The molecule has 2 atom stereocenters. The molecule has 0 amide bonds. The Morgan fingerprint density at radius 1 is 1.75 bits per heavy atom. The summed E-state index contributed by atoms with van der Waals surface area (Å²) in [7, 11) is 2.03. The first-order valence-electron chi connectivity index (χ1n) is 3.04. The molecule has 2 unspecified atom stereocenters. The van der Waals surface area contributed by atoms with Crippen LogP contribution >= 0.6 is 0 Å². The highest BCUT2D eigenvalue weighted by Gasteiger charge is 2.08. The average Bonchev–Trinajstić information content (AvgIpc) is 1.84. The van der Waals surface area contributed by atoms with E-state index < -0.39 is 0 Å². The molecular formula is C5H12BNO. The summed E-state index contributed by atoms with van der Waals surface area (Å²) in [6, 6.07) is -0.0139. The van der Waals surface area contributed by atoms with Gasteiger partial charge >= 0.3 is 0 Å². The zero-order valence-electron chi connectivity index (χ0n) is 5.72. The predicted octanol–water partition coefficient (Wildman–Crippen LogP) is 0.973. The van der Waals surface area contributed by atoms with Crippen LogP contribution in [0.2, 0.25) is 5.82 Å². The Balaban J connectivity index is 3.44. The van der Waals surface area contributed by atoms with Gasteiger partial charge in [-0.05, 0) is 12.7 Å². The maximum absolute atomic E-state index is 9.86. The number of nitrogens with zero attached hydrogens (tertiary/aromatic N) is 1. The summed E-state index contributed by atoms with van der Waals surface area (Å²) in [6.07, 6.45) is 1.03. The minimum Gasteiger partial charge on any atom is -0.151 e. The lowest BCUT2D eigenvalue weighted by atomic mass is 9.80. The van der Waals surface area contributed by atoms with Gasteiger partial charge in [-0.25, -0.2) is 0 Å². The molecule has 8 heavy (non-hydrogen) atoms. The summed E-state index contributed by atoms with van der Waals surface area (Å²) >= 11 is 0. The van der Waals surface area contributed by atoms with Crippen molar-refractivity contribution in [2.75, 3.05) is 0 Å². The van der Waals surface area contributed by atoms with Gasteiger partial charge in [0.25, 0.3) is 0 Å². The van der Waals surface area contributed by atoms with E-state index in [1.54, 1.807) is 0 Å². The molecule has 0 fully saturated rings. The number of nitroso groups, excluding NO2 is 1. The molecule has 0 aliphatic carbocycles. The summed E-state index contributed by atoms with van der Waals surface area (Å²) in [6.45, 7) is 3.91. The molecule has 0 saturated carbocycles. The van der Waals surface area contributed by atoms with Crippen LogP contribution in [-0.2, 0) is 0 Å². The van der Waals surface area contributed by atoms with Crippen molar-refractivity contribution >= 4 is 7.85 Å². The molecule has 46 valence electrons. The molecule has 2 nitrogen and oxygen atoms in total. The lowest BCUT2D eigenvalue weighted by molar-refractivity contribution is 0.649. The lowest BCUT2D eigenvalue weighted by Gasteiger charge is -2.07. The maximum atomic E-state index is 9.86. The van der Waals surface area contributed by atoms with Crippen molar-refractivity contribution in [2.24, 2.45) is 5.18 Å². The van der Waals surface area contributed by atoms with Crippen LogP contribution in [0.3, 0.4) is 0 Å². The summed E-state index contributed by atoms with van der Waals surface area (Å²) in [5, 5.41) is 2.91. The fraction of sp³-hybridized carbons (Fsp3) is 1.00. The molecule has 3 heteroatoms. The molecule has 0 aromatic heterocycles. The second kappa shape index (κ2) is 3.64. The standard InChI is InChI=1S/C5H12BNO/c1-3-5(6)4(2)7-8/h4-5H,3,6H2,1-2H3. The maximum Gasteiger partial charge on any atom is 0.108 e. The molecule has 0 rings (SSSR count). The molecule has 0 spiro atoms.